The Bertz CT molecular complexity index is 531. The van der Waals surface area contributed by atoms with Gasteiger partial charge in [0.15, 0.2) is 0 Å². The Morgan fingerprint density at radius 2 is 1.65 bits per heavy atom. The Kier molecular flexibility index (Phi) is 5.39. The molecule has 0 aromatic heterocycles. The summed E-state index contributed by atoms with van der Waals surface area (Å²) in [5.41, 5.74) is 2.40. The number of benzene rings is 2. The fourth-order valence-corrected chi connectivity index (χ4v) is 2.22. The van der Waals surface area contributed by atoms with Gasteiger partial charge in [0.05, 0.1) is 6.04 Å². The average Bonchev–Trinajstić information content (AvgIpc) is 2.50. The van der Waals surface area contributed by atoms with Crippen molar-refractivity contribution in [1.29, 1.82) is 0 Å². The zero-order chi connectivity index (χ0) is 14.2. The van der Waals surface area contributed by atoms with Crippen LogP contribution in [0.3, 0.4) is 0 Å². The molecule has 0 spiro atoms. The lowest BCUT2D eigenvalue weighted by Gasteiger charge is -2.19. The Morgan fingerprint density at radius 3 is 2.30 bits per heavy atom. The van der Waals surface area contributed by atoms with Gasteiger partial charge in [-0.15, -0.1) is 0 Å². The molecule has 0 radical (unpaired) electrons. The lowest BCUT2D eigenvalue weighted by molar-refractivity contribution is 0.474. The van der Waals surface area contributed by atoms with Crippen LogP contribution in [-0.2, 0) is 0 Å². The number of phenols is 1. The van der Waals surface area contributed by atoms with E-state index in [0.717, 1.165) is 18.5 Å². The lowest BCUT2D eigenvalue weighted by Crippen LogP contribution is -2.23. The van der Waals surface area contributed by atoms with E-state index in [-0.39, 0.29) is 6.04 Å². The molecule has 0 fully saturated rings. The summed E-state index contributed by atoms with van der Waals surface area (Å²) in [6.45, 7) is 2.96. The van der Waals surface area contributed by atoms with Gasteiger partial charge in [-0.25, -0.2) is 0 Å². The van der Waals surface area contributed by atoms with Gasteiger partial charge in [0.2, 0.25) is 0 Å². The van der Waals surface area contributed by atoms with Crippen LogP contribution in [0, 0.1) is 0 Å². The molecule has 2 N–H and O–H groups in total. The SMILES string of the molecule is C/C=C/CCNC(c1ccccc1)c1ccc(O)cc1. The number of phenolic OH excluding ortho intramolecular Hbond substituents is 1. The molecule has 20 heavy (non-hydrogen) atoms. The highest BCUT2D eigenvalue weighted by molar-refractivity contribution is 5.34. The minimum absolute atomic E-state index is 0.155. The standard InChI is InChI=1S/C18H21NO/c1-2-3-7-14-19-18(15-8-5-4-6-9-15)16-10-12-17(20)13-11-16/h2-6,8-13,18-20H,7,14H2,1H3/b3-2+. The molecule has 104 valence electrons. The third kappa shape index (κ3) is 3.97. The summed E-state index contributed by atoms with van der Waals surface area (Å²) < 4.78 is 0. The van der Waals surface area contributed by atoms with Crippen LogP contribution in [0.25, 0.3) is 0 Å². The molecule has 0 aliphatic heterocycles. The van der Waals surface area contributed by atoms with Gasteiger partial charge in [0, 0.05) is 0 Å². The predicted molar refractivity (Wildman–Crippen MR) is 83.8 cm³/mol. The molecular formula is C18H21NO. The minimum atomic E-state index is 0.155. The molecule has 2 nitrogen and oxygen atoms in total. The first-order valence-electron chi connectivity index (χ1n) is 6.99. The van der Waals surface area contributed by atoms with Crippen molar-refractivity contribution in [3.63, 3.8) is 0 Å². The third-order valence-corrected chi connectivity index (χ3v) is 3.25. The van der Waals surface area contributed by atoms with Crippen LogP contribution in [0.2, 0.25) is 0 Å². The fraction of sp³-hybridized carbons (Fsp3) is 0.222. The molecule has 0 heterocycles. The van der Waals surface area contributed by atoms with Crippen molar-refractivity contribution in [2.24, 2.45) is 0 Å². The fourth-order valence-electron chi connectivity index (χ4n) is 2.22. The van der Waals surface area contributed by atoms with Gasteiger partial charge in [-0.3, -0.25) is 0 Å². The van der Waals surface area contributed by atoms with E-state index in [9.17, 15) is 5.11 Å². The van der Waals surface area contributed by atoms with Gasteiger partial charge in [0.25, 0.3) is 0 Å². The molecule has 0 saturated carbocycles. The highest BCUT2D eigenvalue weighted by Crippen LogP contribution is 2.23. The quantitative estimate of drug-likeness (QED) is 0.611. The average molecular weight is 267 g/mol. The van der Waals surface area contributed by atoms with E-state index in [1.54, 1.807) is 12.1 Å². The van der Waals surface area contributed by atoms with E-state index in [1.165, 1.54) is 5.56 Å². The Hall–Kier alpha value is -2.06. The maximum absolute atomic E-state index is 9.43. The van der Waals surface area contributed by atoms with Crippen LogP contribution in [0.1, 0.15) is 30.5 Å². The second kappa shape index (κ2) is 7.51. The van der Waals surface area contributed by atoms with Gasteiger partial charge in [-0.2, -0.15) is 0 Å². The first kappa shape index (κ1) is 14.4. The zero-order valence-electron chi connectivity index (χ0n) is 11.8. The van der Waals surface area contributed by atoms with Crippen molar-refractivity contribution < 1.29 is 5.11 Å². The van der Waals surface area contributed by atoms with Crippen molar-refractivity contribution in [1.82, 2.24) is 5.32 Å². The van der Waals surface area contributed by atoms with Gasteiger partial charge in [-0.1, -0.05) is 54.6 Å². The van der Waals surface area contributed by atoms with Crippen molar-refractivity contribution in [2.75, 3.05) is 6.54 Å². The summed E-state index contributed by atoms with van der Waals surface area (Å²) in [6, 6.07) is 17.9. The van der Waals surface area contributed by atoms with E-state index in [0.29, 0.717) is 5.75 Å². The third-order valence-electron chi connectivity index (χ3n) is 3.25. The monoisotopic (exact) mass is 267 g/mol. The highest BCUT2D eigenvalue weighted by Gasteiger charge is 2.12. The molecule has 2 rings (SSSR count). The number of rotatable bonds is 6. The van der Waals surface area contributed by atoms with E-state index in [4.69, 9.17) is 0 Å². The molecule has 0 amide bonds. The van der Waals surface area contributed by atoms with Crippen LogP contribution in [0.4, 0.5) is 0 Å². The van der Waals surface area contributed by atoms with Crippen molar-refractivity contribution >= 4 is 0 Å². The van der Waals surface area contributed by atoms with Gasteiger partial charge in [-0.05, 0) is 43.1 Å². The zero-order valence-corrected chi connectivity index (χ0v) is 11.8. The molecule has 1 unspecified atom stereocenters. The van der Waals surface area contributed by atoms with Crippen molar-refractivity contribution in [3.8, 4) is 5.75 Å². The molecule has 0 bridgehead atoms. The number of hydrogen-bond acceptors (Lipinski definition) is 2. The lowest BCUT2D eigenvalue weighted by atomic mass is 9.98. The number of nitrogens with one attached hydrogen (secondary N) is 1. The van der Waals surface area contributed by atoms with Crippen LogP contribution in [0.15, 0.2) is 66.7 Å². The smallest absolute Gasteiger partial charge is 0.115 e. The number of allylic oxidation sites excluding steroid dienone is 1. The van der Waals surface area contributed by atoms with Gasteiger partial charge in [0.1, 0.15) is 5.75 Å². The summed E-state index contributed by atoms with van der Waals surface area (Å²) in [7, 11) is 0. The Balaban J connectivity index is 2.17. The minimum Gasteiger partial charge on any atom is -0.508 e. The predicted octanol–water partition coefficient (Wildman–Crippen LogP) is 4.04. The molecule has 0 saturated heterocycles. The van der Waals surface area contributed by atoms with Gasteiger partial charge < -0.3 is 10.4 Å². The maximum Gasteiger partial charge on any atom is 0.115 e. The molecule has 2 aromatic rings. The van der Waals surface area contributed by atoms with Crippen molar-refractivity contribution in [2.45, 2.75) is 19.4 Å². The Labute approximate surface area is 120 Å². The summed E-state index contributed by atoms with van der Waals surface area (Å²) in [6.07, 6.45) is 5.24. The second-order valence-corrected chi connectivity index (χ2v) is 4.75. The molecule has 0 aliphatic carbocycles. The summed E-state index contributed by atoms with van der Waals surface area (Å²) >= 11 is 0. The first-order valence-corrected chi connectivity index (χ1v) is 6.99. The highest BCUT2D eigenvalue weighted by atomic mass is 16.3. The summed E-state index contributed by atoms with van der Waals surface area (Å²) in [5.74, 6) is 0.300. The topological polar surface area (TPSA) is 32.3 Å². The van der Waals surface area contributed by atoms with Crippen LogP contribution in [0.5, 0.6) is 5.75 Å². The van der Waals surface area contributed by atoms with E-state index in [2.05, 4.69) is 41.7 Å². The van der Waals surface area contributed by atoms with Gasteiger partial charge >= 0.3 is 0 Å². The first-order chi connectivity index (χ1) is 9.81. The molecule has 2 heteroatoms. The molecular weight excluding hydrogens is 246 g/mol. The number of hydrogen-bond donors (Lipinski definition) is 2. The van der Waals surface area contributed by atoms with Crippen LogP contribution >= 0.6 is 0 Å². The van der Waals surface area contributed by atoms with Crippen molar-refractivity contribution in [3.05, 3.63) is 77.9 Å². The van der Waals surface area contributed by atoms with E-state index in [1.807, 2.05) is 25.1 Å². The van der Waals surface area contributed by atoms with Crippen LogP contribution < -0.4 is 5.32 Å². The Morgan fingerprint density at radius 1 is 1.00 bits per heavy atom. The maximum atomic E-state index is 9.43. The molecule has 2 aromatic carbocycles. The van der Waals surface area contributed by atoms with Crippen LogP contribution in [-0.4, -0.2) is 11.7 Å². The molecule has 0 aliphatic rings. The normalized spacial score (nSPS) is 12.7. The second-order valence-electron chi connectivity index (χ2n) is 4.75. The largest absolute Gasteiger partial charge is 0.508 e. The van der Waals surface area contributed by atoms with E-state index >= 15 is 0 Å². The summed E-state index contributed by atoms with van der Waals surface area (Å²) in [5, 5.41) is 13.0. The number of aromatic hydroxyl groups is 1. The summed E-state index contributed by atoms with van der Waals surface area (Å²) in [4.78, 5) is 0. The molecule has 1 atom stereocenters. The van der Waals surface area contributed by atoms with E-state index < -0.39 is 0 Å².